The van der Waals surface area contributed by atoms with Gasteiger partial charge in [0.1, 0.15) is 5.54 Å². The van der Waals surface area contributed by atoms with Crippen molar-refractivity contribution >= 4 is 29.2 Å². The van der Waals surface area contributed by atoms with Crippen molar-refractivity contribution in [1.82, 2.24) is 13.8 Å². The van der Waals surface area contributed by atoms with Gasteiger partial charge in [-0.05, 0) is 94.0 Å². The molecular formula is C34H48N4O3SSi. The monoisotopic (exact) mass is 620 g/mol. The van der Waals surface area contributed by atoms with Crippen molar-refractivity contribution in [1.29, 1.82) is 5.26 Å². The highest BCUT2D eigenvalue weighted by Crippen LogP contribution is 2.43. The lowest BCUT2D eigenvalue weighted by Crippen LogP contribution is -2.52. The topological polar surface area (TPSA) is 78.6 Å². The Morgan fingerprint density at radius 2 is 1.70 bits per heavy atom. The highest BCUT2D eigenvalue weighted by molar-refractivity contribution is 7.90. The molecule has 2 aromatic carbocycles. The van der Waals surface area contributed by atoms with Gasteiger partial charge in [0.25, 0.3) is 10.0 Å². The van der Waals surface area contributed by atoms with E-state index in [9.17, 15) is 13.7 Å². The van der Waals surface area contributed by atoms with Crippen LogP contribution in [-0.4, -0.2) is 69.3 Å². The summed E-state index contributed by atoms with van der Waals surface area (Å²) < 4.78 is 37.0. The number of benzene rings is 2. The molecule has 1 fully saturated rings. The molecule has 232 valence electrons. The Morgan fingerprint density at radius 1 is 1.07 bits per heavy atom. The summed E-state index contributed by atoms with van der Waals surface area (Å²) in [6, 6.07) is 19.3. The zero-order valence-corrected chi connectivity index (χ0v) is 28.7. The van der Waals surface area contributed by atoms with Gasteiger partial charge >= 0.3 is 0 Å². The standard InChI is InChI=1S/C34H48N4O3SSi/c1-33(2,3)43(6,7)41-32(26-17-20-34(25-35,21-18-26)36(4)5)24-37-22-19-29-28-15-11-12-16-30(28)38(31(29)23-37)42(39,40)27-13-9-8-10-14-27/h8-16,26,32H,17-24H2,1-7H3. The number of hydrogen-bond donors (Lipinski definition) is 0. The number of para-hydroxylation sites is 1. The lowest BCUT2D eigenvalue weighted by Gasteiger charge is -2.46. The number of fused-ring (bicyclic) bond motifs is 3. The Bertz CT molecular complexity index is 1590. The van der Waals surface area contributed by atoms with Crippen LogP contribution in [0.3, 0.4) is 0 Å². The van der Waals surface area contributed by atoms with Gasteiger partial charge in [0, 0.05) is 25.0 Å². The van der Waals surface area contributed by atoms with Crippen LogP contribution >= 0.6 is 0 Å². The van der Waals surface area contributed by atoms with Crippen molar-refractivity contribution < 1.29 is 12.8 Å². The molecule has 1 atom stereocenters. The average Bonchev–Trinajstić information content (AvgIpc) is 3.31. The van der Waals surface area contributed by atoms with E-state index in [0.717, 1.165) is 67.4 Å². The van der Waals surface area contributed by atoms with Crippen molar-refractivity contribution in [2.75, 3.05) is 27.2 Å². The van der Waals surface area contributed by atoms with E-state index in [2.05, 4.69) is 55.8 Å². The second-order valence-electron chi connectivity index (χ2n) is 14.3. The molecule has 0 saturated heterocycles. The fraction of sp³-hybridized carbons (Fsp3) is 0.559. The summed E-state index contributed by atoms with van der Waals surface area (Å²) in [5, 5.41) is 11.1. The average molecular weight is 621 g/mol. The second-order valence-corrected chi connectivity index (χ2v) is 20.8. The highest BCUT2D eigenvalue weighted by atomic mass is 32.2. The lowest BCUT2D eigenvalue weighted by atomic mass is 9.74. The first-order valence-corrected chi connectivity index (χ1v) is 20.0. The van der Waals surface area contributed by atoms with Gasteiger partial charge < -0.3 is 4.43 Å². The van der Waals surface area contributed by atoms with E-state index < -0.39 is 23.9 Å². The maximum Gasteiger partial charge on any atom is 0.268 e. The number of aromatic nitrogens is 1. The Hall–Kier alpha value is -2.48. The Kier molecular flexibility index (Phi) is 8.75. The maximum absolute atomic E-state index is 14.1. The molecule has 1 unspecified atom stereocenters. The predicted molar refractivity (Wildman–Crippen MR) is 176 cm³/mol. The summed E-state index contributed by atoms with van der Waals surface area (Å²) in [5.41, 5.74) is 2.33. The van der Waals surface area contributed by atoms with Crippen molar-refractivity contribution in [2.24, 2.45) is 5.92 Å². The van der Waals surface area contributed by atoms with Gasteiger partial charge in [-0.3, -0.25) is 9.80 Å². The summed E-state index contributed by atoms with van der Waals surface area (Å²) in [6.45, 7) is 13.7. The van der Waals surface area contributed by atoms with Crippen molar-refractivity contribution in [3.63, 3.8) is 0 Å². The normalized spacial score (nSPS) is 22.8. The van der Waals surface area contributed by atoms with Crippen molar-refractivity contribution in [3.8, 4) is 6.07 Å². The zero-order valence-electron chi connectivity index (χ0n) is 26.9. The van der Waals surface area contributed by atoms with Gasteiger partial charge in [-0.15, -0.1) is 0 Å². The minimum absolute atomic E-state index is 0.0323. The van der Waals surface area contributed by atoms with E-state index in [1.54, 1.807) is 28.2 Å². The maximum atomic E-state index is 14.1. The quantitative estimate of drug-likeness (QED) is 0.263. The largest absolute Gasteiger partial charge is 0.412 e. The first-order valence-electron chi connectivity index (χ1n) is 15.6. The number of rotatable bonds is 8. The summed E-state index contributed by atoms with van der Waals surface area (Å²) in [4.78, 5) is 4.80. The van der Waals surface area contributed by atoms with E-state index in [0.29, 0.717) is 17.4 Å². The fourth-order valence-corrected chi connectivity index (χ4v) is 9.66. The van der Waals surface area contributed by atoms with Crippen molar-refractivity contribution in [3.05, 3.63) is 65.9 Å². The predicted octanol–water partition coefficient (Wildman–Crippen LogP) is 6.64. The van der Waals surface area contributed by atoms with Crippen LogP contribution in [0.4, 0.5) is 0 Å². The first-order chi connectivity index (χ1) is 20.2. The SMILES string of the molecule is CN(C)C1(C#N)CCC(C(CN2CCc3c(n(S(=O)(=O)c4ccccc4)c4ccccc34)C2)O[Si](C)(C)C(C)(C)C)CC1. The molecule has 5 rings (SSSR count). The molecule has 0 radical (unpaired) electrons. The van der Waals surface area contributed by atoms with Crippen LogP contribution in [-0.2, 0) is 27.4 Å². The highest BCUT2D eigenvalue weighted by Gasteiger charge is 2.45. The van der Waals surface area contributed by atoms with Gasteiger partial charge in [0.2, 0.25) is 0 Å². The second kappa shape index (κ2) is 11.8. The van der Waals surface area contributed by atoms with E-state index in [4.69, 9.17) is 4.43 Å². The molecule has 1 aliphatic carbocycles. The van der Waals surface area contributed by atoms with Crippen LogP contribution in [0.2, 0.25) is 18.1 Å². The Morgan fingerprint density at radius 3 is 2.30 bits per heavy atom. The summed E-state index contributed by atoms with van der Waals surface area (Å²) in [5.74, 6) is 0.357. The van der Waals surface area contributed by atoms with Gasteiger partial charge in [-0.25, -0.2) is 12.4 Å². The third-order valence-electron chi connectivity index (χ3n) is 10.5. The molecule has 2 heterocycles. The van der Waals surface area contributed by atoms with E-state index >= 15 is 0 Å². The molecule has 9 heteroatoms. The van der Waals surface area contributed by atoms with E-state index in [-0.39, 0.29) is 11.1 Å². The van der Waals surface area contributed by atoms with Crippen LogP contribution in [0.15, 0.2) is 59.5 Å². The lowest BCUT2D eigenvalue weighted by molar-refractivity contribution is 0.0282. The molecule has 1 saturated carbocycles. The summed E-state index contributed by atoms with van der Waals surface area (Å²) in [6.07, 6.45) is 4.41. The van der Waals surface area contributed by atoms with Crippen LogP contribution in [0, 0.1) is 17.2 Å². The molecule has 0 spiro atoms. The molecule has 43 heavy (non-hydrogen) atoms. The Labute approximate surface area is 259 Å². The summed E-state index contributed by atoms with van der Waals surface area (Å²) in [7, 11) is -1.84. The molecular weight excluding hydrogens is 573 g/mol. The van der Waals surface area contributed by atoms with E-state index in [1.165, 1.54) is 0 Å². The number of hydrogen-bond acceptors (Lipinski definition) is 6. The third kappa shape index (κ3) is 5.97. The number of nitriles is 1. The minimum Gasteiger partial charge on any atom is -0.412 e. The zero-order chi connectivity index (χ0) is 31.2. The fourth-order valence-electron chi connectivity index (χ4n) is 6.70. The van der Waals surface area contributed by atoms with Crippen LogP contribution < -0.4 is 0 Å². The molecule has 3 aromatic rings. The third-order valence-corrected chi connectivity index (χ3v) is 16.8. The van der Waals surface area contributed by atoms with Crippen molar-refractivity contribution in [2.45, 2.75) is 94.1 Å². The molecule has 2 aliphatic rings. The van der Waals surface area contributed by atoms with Gasteiger partial charge in [-0.2, -0.15) is 5.26 Å². The molecule has 7 nitrogen and oxygen atoms in total. The molecule has 1 aliphatic heterocycles. The minimum atomic E-state index is -3.78. The number of nitrogens with zero attached hydrogens (tertiary/aromatic N) is 4. The molecule has 0 N–H and O–H groups in total. The molecule has 0 bridgehead atoms. The van der Waals surface area contributed by atoms with Gasteiger partial charge in [-0.1, -0.05) is 57.2 Å². The summed E-state index contributed by atoms with van der Waals surface area (Å²) >= 11 is 0. The Balaban J connectivity index is 1.48. The van der Waals surface area contributed by atoms with Crippen LogP contribution in [0.1, 0.15) is 57.7 Å². The van der Waals surface area contributed by atoms with Crippen LogP contribution in [0.5, 0.6) is 0 Å². The molecule has 1 aromatic heterocycles. The van der Waals surface area contributed by atoms with Gasteiger partial charge in [0.05, 0.1) is 28.3 Å². The smallest absolute Gasteiger partial charge is 0.268 e. The van der Waals surface area contributed by atoms with Crippen LogP contribution in [0.25, 0.3) is 10.9 Å². The molecule has 0 amide bonds. The van der Waals surface area contributed by atoms with Gasteiger partial charge in [0.15, 0.2) is 8.32 Å². The van der Waals surface area contributed by atoms with E-state index in [1.807, 2.05) is 38.4 Å². The first kappa shape index (κ1) is 31.9.